The molecule has 0 saturated heterocycles. The third kappa shape index (κ3) is 2.59. The zero-order valence-corrected chi connectivity index (χ0v) is 12.0. The van der Waals surface area contributed by atoms with Gasteiger partial charge in [-0.2, -0.15) is 0 Å². The Morgan fingerprint density at radius 2 is 1.84 bits per heavy atom. The Morgan fingerprint density at radius 3 is 2.47 bits per heavy atom. The van der Waals surface area contributed by atoms with Crippen LogP contribution in [0.1, 0.15) is 31.2 Å². The average molecular weight is 277 g/mol. The van der Waals surface area contributed by atoms with Crippen LogP contribution in [0.4, 0.5) is 0 Å². The van der Waals surface area contributed by atoms with Crippen LogP contribution in [0.2, 0.25) is 0 Å². The normalized spacial score (nSPS) is 33.3. The first-order chi connectivity index (χ1) is 9.37. The van der Waals surface area contributed by atoms with E-state index in [1.807, 2.05) is 6.07 Å². The molecule has 0 spiro atoms. The molecule has 0 aliphatic heterocycles. The van der Waals surface area contributed by atoms with Crippen molar-refractivity contribution in [2.24, 2.45) is 11.8 Å². The van der Waals surface area contributed by atoms with E-state index in [0.29, 0.717) is 12.5 Å². The molecule has 1 aromatic carbocycles. The first-order valence-electron chi connectivity index (χ1n) is 7.31. The van der Waals surface area contributed by atoms with Gasteiger partial charge in [0.1, 0.15) is 0 Å². The van der Waals surface area contributed by atoms with E-state index in [0.717, 1.165) is 11.8 Å². The number of halogens is 1. The first-order valence-corrected chi connectivity index (χ1v) is 7.84. The SMILES string of the molecule is ClCCOC1(/C=C/c2ccccc2)[C@@H]2CCCC[C@@H]21. The Labute approximate surface area is 120 Å². The van der Waals surface area contributed by atoms with E-state index in [-0.39, 0.29) is 5.60 Å². The van der Waals surface area contributed by atoms with Crippen molar-refractivity contribution >= 4 is 17.7 Å². The quantitative estimate of drug-likeness (QED) is 0.719. The topological polar surface area (TPSA) is 9.23 Å². The molecule has 2 aliphatic carbocycles. The zero-order chi connectivity index (χ0) is 13.1. The van der Waals surface area contributed by atoms with Crippen LogP contribution in [0, 0.1) is 11.8 Å². The number of benzene rings is 1. The number of ether oxygens (including phenoxy) is 1. The fourth-order valence-corrected chi connectivity index (χ4v) is 3.71. The molecule has 1 nitrogen and oxygen atoms in total. The highest BCUT2D eigenvalue weighted by Gasteiger charge is 2.64. The van der Waals surface area contributed by atoms with Crippen LogP contribution in [0.15, 0.2) is 36.4 Å². The molecule has 0 N–H and O–H groups in total. The Bertz CT molecular complexity index is 428. The minimum Gasteiger partial charge on any atom is -0.369 e. The fraction of sp³-hybridized carbons (Fsp3) is 0.529. The highest BCUT2D eigenvalue weighted by molar-refractivity contribution is 6.17. The summed E-state index contributed by atoms with van der Waals surface area (Å²) in [4.78, 5) is 0. The Balaban J connectivity index is 1.75. The van der Waals surface area contributed by atoms with Gasteiger partial charge >= 0.3 is 0 Å². The molecular weight excluding hydrogens is 256 g/mol. The molecule has 1 unspecified atom stereocenters. The summed E-state index contributed by atoms with van der Waals surface area (Å²) in [6, 6.07) is 10.5. The zero-order valence-electron chi connectivity index (χ0n) is 11.2. The fourth-order valence-electron chi connectivity index (χ4n) is 3.63. The largest absolute Gasteiger partial charge is 0.369 e. The minimum atomic E-state index is -0.0127. The highest BCUT2D eigenvalue weighted by Crippen LogP contribution is 2.61. The van der Waals surface area contributed by atoms with Gasteiger partial charge in [-0.05, 0) is 30.2 Å². The molecule has 19 heavy (non-hydrogen) atoms. The molecule has 0 bridgehead atoms. The van der Waals surface area contributed by atoms with E-state index in [1.165, 1.54) is 31.2 Å². The van der Waals surface area contributed by atoms with Crippen molar-refractivity contribution in [1.82, 2.24) is 0 Å². The number of hydrogen-bond acceptors (Lipinski definition) is 1. The molecule has 2 fully saturated rings. The maximum Gasteiger partial charge on any atom is 0.0929 e. The second kappa shape index (κ2) is 5.68. The number of fused-ring (bicyclic) bond motifs is 1. The van der Waals surface area contributed by atoms with Gasteiger partial charge in [-0.15, -0.1) is 11.6 Å². The average Bonchev–Trinajstić information content (AvgIpc) is 3.13. The Kier molecular flexibility index (Phi) is 3.95. The van der Waals surface area contributed by atoms with E-state index < -0.39 is 0 Å². The van der Waals surface area contributed by atoms with Crippen molar-refractivity contribution in [1.29, 1.82) is 0 Å². The molecule has 2 aliphatic rings. The van der Waals surface area contributed by atoms with Crippen molar-refractivity contribution in [3.63, 3.8) is 0 Å². The van der Waals surface area contributed by atoms with E-state index in [4.69, 9.17) is 16.3 Å². The smallest absolute Gasteiger partial charge is 0.0929 e. The second-order valence-corrected chi connectivity index (χ2v) is 6.01. The molecule has 102 valence electrons. The molecule has 0 radical (unpaired) electrons. The lowest BCUT2D eigenvalue weighted by Crippen LogP contribution is -2.17. The summed E-state index contributed by atoms with van der Waals surface area (Å²) in [5, 5.41) is 0. The van der Waals surface area contributed by atoms with Crippen LogP contribution in [-0.4, -0.2) is 18.1 Å². The van der Waals surface area contributed by atoms with Crippen molar-refractivity contribution in [3.8, 4) is 0 Å². The highest BCUT2D eigenvalue weighted by atomic mass is 35.5. The molecular formula is C17H21ClO. The Hall–Kier alpha value is -0.790. The maximum absolute atomic E-state index is 6.14. The van der Waals surface area contributed by atoms with Crippen LogP contribution < -0.4 is 0 Å². The summed E-state index contributed by atoms with van der Waals surface area (Å²) in [7, 11) is 0. The van der Waals surface area contributed by atoms with E-state index in [9.17, 15) is 0 Å². The Morgan fingerprint density at radius 1 is 1.16 bits per heavy atom. The molecule has 0 amide bonds. The lowest BCUT2D eigenvalue weighted by atomic mass is 10.0. The molecule has 0 heterocycles. The van der Waals surface area contributed by atoms with Crippen LogP contribution in [0.3, 0.4) is 0 Å². The van der Waals surface area contributed by atoms with Gasteiger partial charge in [-0.1, -0.05) is 55.3 Å². The van der Waals surface area contributed by atoms with Crippen molar-refractivity contribution in [3.05, 3.63) is 42.0 Å². The number of rotatable bonds is 5. The van der Waals surface area contributed by atoms with Crippen LogP contribution in [0.5, 0.6) is 0 Å². The van der Waals surface area contributed by atoms with E-state index in [1.54, 1.807) is 0 Å². The lowest BCUT2D eigenvalue weighted by Gasteiger charge is -2.14. The van der Waals surface area contributed by atoms with Crippen molar-refractivity contribution in [2.45, 2.75) is 31.3 Å². The summed E-state index contributed by atoms with van der Waals surface area (Å²) < 4.78 is 6.14. The van der Waals surface area contributed by atoms with Crippen LogP contribution in [0.25, 0.3) is 6.08 Å². The van der Waals surface area contributed by atoms with Gasteiger partial charge in [-0.25, -0.2) is 0 Å². The van der Waals surface area contributed by atoms with Gasteiger partial charge in [0.05, 0.1) is 12.2 Å². The summed E-state index contributed by atoms with van der Waals surface area (Å²) >= 11 is 5.80. The van der Waals surface area contributed by atoms with Gasteiger partial charge in [-0.3, -0.25) is 0 Å². The predicted octanol–water partition coefficient (Wildman–Crippen LogP) is 4.51. The van der Waals surface area contributed by atoms with Gasteiger partial charge in [0.2, 0.25) is 0 Å². The van der Waals surface area contributed by atoms with Gasteiger partial charge in [0.15, 0.2) is 0 Å². The molecule has 3 atom stereocenters. The summed E-state index contributed by atoms with van der Waals surface area (Å²) in [6.45, 7) is 0.660. The molecule has 1 aromatic rings. The molecule has 2 saturated carbocycles. The monoisotopic (exact) mass is 276 g/mol. The third-order valence-electron chi connectivity index (χ3n) is 4.58. The van der Waals surface area contributed by atoms with Crippen LogP contribution >= 0.6 is 11.6 Å². The molecule has 0 aromatic heterocycles. The van der Waals surface area contributed by atoms with Gasteiger partial charge < -0.3 is 4.74 Å². The predicted molar refractivity (Wildman–Crippen MR) is 80.3 cm³/mol. The summed E-state index contributed by atoms with van der Waals surface area (Å²) in [6.07, 6.45) is 9.85. The second-order valence-electron chi connectivity index (χ2n) is 5.63. The van der Waals surface area contributed by atoms with Crippen molar-refractivity contribution < 1.29 is 4.74 Å². The molecule has 3 rings (SSSR count). The number of hydrogen-bond donors (Lipinski definition) is 0. The third-order valence-corrected chi connectivity index (χ3v) is 4.74. The van der Waals surface area contributed by atoms with E-state index >= 15 is 0 Å². The minimum absolute atomic E-state index is 0.0127. The summed E-state index contributed by atoms with van der Waals surface area (Å²) in [5.74, 6) is 2.04. The van der Waals surface area contributed by atoms with Gasteiger partial charge in [0.25, 0.3) is 0 Å². The van der Waals surface area contributed by atoms with Crippen LogP contribution in [-0.2, 0) is 4.74 Å². The van der Waals surface area contributed by atoms with Crippen molar-refractivity contribution in [2.75, 3.05) is 12.5 Å². The number of alkyl halides is 1. The van der Waals surface area contributed by atoms with Gasteiger partial charge in [0, 0.05) is 5.88 Å². The first kappa shape index (κ1) is 13.2. The molecule has 2 heteroatoms. The maximum atomic E-state index is 6.14. The standard InChI is InChI=1S/C17H21ClO/c18-12-13-19-17(15-8-4-5-9-16(15)17)11-10-14-6-2-1-3-7-14/h1-3,6-7,10-11,15-16H,4-5,8-9,12-13H2/b11-10+/t15-,16+,17?. The summed E-state index contributed by atoms with van der Waals surface area (Å²) in [5.41, 5.74) is 1.24. The van der Waals surface area contributed by atoms with E-state index in [2.05, 4.69) is 36.4 Å². The lowest BCUT2D eigenvalue weighted by molar-refractivity contribution is 0.0581.